The van der Waals surface area contributed by atoms with Crippen molar-refractivity contribution in [1.29, 1.82) is 0 Å². The van der Waals surface area contributed by atoms with Crippen LogP contribution in [0.3, 0.4) is 0 Å². The van der Waals surface area contributed by atoms with Crippen molar-refractivity contribution in [3.8, 4) is 0 Å². The first-order valence-corrected chi connectivity index (χ1v) is 7.53. The van der Waals surface area contributed by atoms with Crippen molar-refractivity contribution in [2.24, 2.45) is 4.99 Å². The zero-order valence-corrected chi connectivity index (χ0v) is 14.6. The highest BCUT2D eigenvalue weighted by molar-refractivity contribution is 5.68. The van der Waals surface area contributed by atoms with Crippen LogP contribution in [0, 0.1) is 0 Å². The fourth-order valence-electron chi connectivity index (χ4n) is 2.36. The molecular formula is C15H19NO10. The molecule has 1 aliphatic rings. The Morgan fingerprint density at radius 1 is 0.846 bits per heavy atom. The van der Waals surface area contributed by atoms with Gasteiger partial charge in [-0.3, -0.25) is 19.2 Å². The minimum absolute atomic E-state index is 0.386. The van der Waals surface area contributed by atoms with E-state index in [0.29, 0.717) is 0 Å². The molecule has 0 spiro atoms. The van der Waals surface area contributed by atoms with Gasteiger partial charge in [0.2, 0.25) is 12.3 Å². The van der Waals surface area contributed by atoms with Gasteiger partial charge < -0.3 is 23.7 Å². The second kappa shape index (κ2) is 9.64. The Morgan fingerprint density at radius 3 is 1.81 bits per heavy atom. The summed E-state index contributed by atoms with van der Waals surface area (Å²) in [6, 6.07) is 0. The Labute approximate surface area is 148 Å². The minimum Gasteiger partial charge on any atom is -0.463 e. The second-order valence-electron chi connectivity index (χ2n) is 5.31. The fraction of sp³-hybridized carbons (Fsp3) is 0.667. The van der Waals surface area contributed by atoms with Gasteiger partial charge in [-0.15, -0.1) is 0 Å². The molecule has 0 amide bonds. The smallest absolute Gasteiger partial charge is 0.303 e. The van der Waals surface area contributed by atoms with Crippen LogP contribution in [0.4, 0.5) is 0 Å². The molecule has 1 unspecified atom stereocenters. The van der Waals surface area contributed by atoms with E-state index in [2.05, 4.69) is 4.99 Å². The number of hydrogen-bond donors (Lipinski definition) is 0. The van der Waals surface area contributed by atoms with Gasteiger partial charge in [-0.1, -0.05) is 0 Å². The van der Waals surface area contributed by atoms with E-state index >= 15 is 0 Å². The third kappa shape index (κ3) is 6.26. The zero-order chi connectivity index (χ0) is 19.9. The number of aliphatic imine (C=N–C) groups is 1. The lowest BCUT2D eigenvalue weighted by atomic mass is 9.97. The van der Waals surface area contributed by atoms with E-state index in [9.17, 15) is 24.0 Å². The molecule has 0 aromatic rings. The van der Waals surface area contributed by atoms with Gasteiger partial charge in [-0.25, -0.2) is 4.79 Å². The lowest BCUT2D eigenvalue weighted by Gasteiger charge is -2.42. The number of nitrogens with zero attached hydrogens (tertiary/aromatic N) is 1. The van der Waals surface area contributed by atoms with Crippen LogP contribution < -0.4 is 0 Å². The van der Waals surface area contributed by atoms with Gasteiger partial charge in [0, 0.05) is 27.7 Å². The summed E-state index contributed by atoms with van der Waals surface area (Å²) in [4.78, 5) is 59.4. The summed E-state index contributed by atoms with van der Waals surface area (Å²) in [6.45, 7) is 4.03. The lowest BCUT2D eigenvalue weighted by Crippen LogP contribution is -2.61. The van der Waals surface area contributed by atoms with Gasteiger partial charge >= 0.3 is 23.9 Å². The molecule has 5 atom stereocenters. The third-order valence-electron chi connectivity index (χ3n) is 3.15. The van der Waals surface area contributed by atoms with Gasteiger partial charge in [0.05, 0.1) is 0 Å². The average molecular weight is 373 g/mol. The molecule has 11 heteroatoms. The molecule has 26 heavy (non-hydrogen) atoms. The van der Waals surface area contributed by atoms with Crippen LogP contribution in [0.2, 0.25) is 0 Å². The van der Waals surface area contributed by atoms with Crippen molar-refractivity contribution in [3.05, 3.63) is 0 Å². The highest BCUT2D eigenvalue weighted by Crippen LogP contribution is 2.29. The van der Waals surface area contributed by atoms with Crippen LogP contribution in [0.5, 0.6) is 0 Å². The number of carbonyl (C=O) groups is 4. The Balaban J connectivity index is 3.28. The summed E-state index contributed by atoms with van der Waals surface area (Å²) >= 11 is 0. The second-order valence-corrected chi connectivity index (χ2v) is 5.31. The average Bonchev–Trinajstić information content (AvgIpc) is 2.50. The molecule has 0 aromatic carbocycles. The Hall–Kier alpha value is -2.78. The fourth-order valence-corrected chi connectivity index (χ4v) is 2.36. The first-order valence-electron chi connectivity index (χ1n) is 7.53. The molecule has 1 rings (SSSR count). The van der Waals surface area contributed by atoms with Crippen LogP contribution in [-0.4, -0.2) is 67.2 Å². The quantitative estimate of drug-likeness (QED) is 0.256. The van der Waals surface area contributed by atoms with E-state index in [0.717, 1.165) is 27.7 Å². The molecule has 0 saturated carbocycles. The van der Waals surface area contributed by atoms with Gasteiger partial charge in [0.1, 0.15) is 12.7 Å². The lowest BCUT2D eigenvalue weighted by molar-refractivity contribution is -0.250. The molecule has 0 bridgehead atoms. The Kier molecular flexibility index (Phi) is 7.88. The van der Waals surface area contributed by atoms with Crippen molar-refractivity contribution in [2.75, 3.05) is 6.61 Å². The highest BCUT2D eigenvalue weighted by atomic mass is 16.7. The SMILES string of the molecule is CC(=O)OC[C@H]1OC(N=C=O)[C@H](OC(C)=O)[C@@H](OC(C)=O)[C@@H]1OC(C)=O. The maximum Gasteiger partial charge on any atom is 0.303 e. The van der Waals surface area contributed by atoms with E-state index in [1.807, 2.05) is 0 Å². The van der Waals surface area contributed by atoms with Crippen molar-refractivity contribution >= 4 is 30.0 Å². The Bertz CT molecular complexity index is 612. The summed E-state index contributed by atoms with van der Waals surface area (Å²) in [5.41, 5.74) is 0. The predicted molar refractivity (Wildman–Crippen MR) is 80.1 cm³/mol. The van der Waals surface area contributed by atoms with Gasteiger partial charge in [-0.2, -0.15) is 4.99 Å². The number of ether oxygens (including phenoxy) is 5. The first-order chi connectivity index (χ1) is 12.1. The molecule has 1 saturated heterocycles. The van der Waals surface area contributed by atoms with Crippen molar-refractivity contribution in [3.63, 3.8) is 0 Å². The first kappa shape index (κ1) is 21.3. The summed E-state index contributed by atoms with van der Waals surface area (Å²) in [5, 5.41) is 0. The molecule has 144 valence electrons. The molecule has 1 heterocycles. The molecule has 0 aliphatic carbocycles. The molecule has 0 radical (unpaired) electrons. The molecule has 0 N–H and O–H groups in total. The summed E-state index contributed by atoms with van der Waals surface area (Å²) < 4.78 is 25.6. The van der Waals surface area contributed by atoms with Gasteiger partial charge in [0.15, 0.2) is 18.3 Å². The number of esters is 4. The van der Waals surface area contributed by atoms with Crippen LogP contribution in [-0.2, 0) is 47.7 Å². The molecule has 11 nitrogen and oxygen atoms in total. The number of hydrogen-bond acceptors (Lipinski definition) is 11. The van der Waals surface area contributed by atoms with E-state index in [1.165, 1.54) is 6.08 Å². The largest absolute Gasteiger partial charge is 0.463 e. The molecule has 0 aromatic heterocycles. The van der Waals surface area contributed by atoms with Crippen LogP contribution in [0.1, 0.15) is 27.7 Å². The monoisotopic (exact) mass is 373 g/mol. The third-order valence-corrected chi connectivity index (χ3v) is 3.15. The summed E-state index contributed by atoms with van der Waals surface area (Å²) in [7, 11) is 0. The highest BCUT2D eigenvalue weighted by Gasteiger charge is 2.52. The van der Waals surface area contributed by atoms with E-state index in [1.54, 1.807) is 0 Å². The number of rotatable bonds is 6. The number of carbonyl (C=O) groups excluding carboxylic acids is 5. The molecular weight excluding hydrogens is 354 g/mol. The molecule has 1 fully saturated rings. The maximum absolute atomic E-state index is 11.5. The van der Waals surface area contributed by atoms with Crippen LogP contribution in [0.15, 0.2) is 4.99 Å². The topological polar surface area (TPSA) is 144 Å². The maximum atomic E-state index is 11.5. The standard InChI is InChI=1S/C15H19NO10/c1-7(18)22-5-11-12(23-8(2)19)13(24-9(3)20)14(25-10(4)21)15(26-11)16-6-17/h11-15H,5H2,1-4H3/t11-,12-,13+,14-,15?/m1/s1. The van der Waals surface area contributed by atoms with Crippen molar-refractivity contribution in [2.45, 2.75) is 58.3 Å². The van der Waals surface area contributed by atoms with Crippen molar-refractivity contribution < 1.29 is 47.7 Å². The van der Waals surface area contributed by atoms with E-state index in [4.69, 9.17) is 23.7 Å². The van der Waals surface area contributed by atoms with Crippen LogP contribution >= 0.6 is 0 Å². The zero-order valence-electron chi connectivity index (χ0n) is 14.6. The van der Waals surface area contributed by atoms with Crippen LogP contribution in [0.25, 0.3) is 0 Å². The number of isocyanates is 1. The minimum atomic E-state index is -1.41. The molecule has 1 aliphatic heterocycles. The van der Waals surface area contributed by atoms with E-state index < -0.39 is 54.5 Å². The van der Waals surface area contributed by atoms with Gasteiger partial charge in [-0.05, 0) is 0 Å². The summed E-state index contributed by atoms with van der Waals surface area (Å²) in [5.74, 6) is -2.94. The van der Waals surface area contributed by atoms with Gasteiger partial charge in [0.25, 0.3) is 0 Å². The summed E-state index contributed by atoms with van der Waals surface area (Å²) in [6.07, 6.45) is -5.30. The Morgan fingerprint density at radius 2 is 1.35 bits per heavy atom. The van der Waals surface area contributed by atoms with E-state index in [-0.39, 0.29) is 6.61 Å². The van der Waals surface area contributed by atoms with Crippen molar-refractivity contribution in [1.82, 2.24) is 0 Å². The predicted octanol–water partition coefficient (Wildman–Crippen LogP) is -0.595. The normalized spacial score (nSPS) is 27.5.